The second-order valence-corrected chi connectivity index (χ2v) is 11.2. The zero-order valence-corrected chi connectivity index (χ0v) is 23.9. The number of carboxylic acids is 1. The molecule has 36 heavy (non-hydrogen) atoms. The van der Waals surface area contributed by atoms with Crippen LogP contribution in [0.15, 0.2) is 24.3 Å². The van der Waals surface area contributed by atoms with Crippen LogP contribution in [0.3, 0.4) is 0 Å². The summed E-state index contributed by atoms with van der Waals surface area (Å²) in [6, 6.07) is 8.01. The van der Waals surface area contributed by atoms with Gasteiger partial charge in [0.25, 0.3) is 0 Å². The van der Waals surface area contributed by atoms with E-state index in [1.165, 1.54) is 0 Å². The molecule has 0 spiro atoms. The molecule has 0 aliphatic carbocycles. The first-order chi connectivity index (χ1) is 17.0. The van der Waals surface area contributed by atoms with Crippen LogP contribution in [0.5, 0.6) is 5.75 Å². The van der Waals surface area contributed by atoms with Gasteiger partial charge in [0.15, 0.2) is 6.10 Å². The number of fused-ring (bicyclic) bond motifs is 1. The molecule has 2 atom stereocenters. The Morgan fingerprint density at radius 2 is 1.92 bits per heavy atom. The van der Waals surface area contributed by atoms with E-state index in [1.807, 2.05) is 66.7 Å². The number of hydrogen-bond donors (Lipinski definition) is 2. The number of nitrogens with one attached hydrogen (secondary N) is 1. The molecule has 2 aromatic rings. The molecule has 0 saturated carbocycles. The summed E-state index contributed by atoms with van der Waals surface area (Å²) in [5.41, 5.74) is 5.13. The van der Waals surface area contributed by atoms with E-state index in [9.17, 15) is 14.1 Å². The van der Waals surface area contributed by atoms with Crippen LogP contribution >= 0.6 is 0 Å². The number of rotatable bonds is 9. The highest BCUT2D eigenvalue weighted by Crippen LogP contribution is 2.42. The number of aryl methyl sites for hydroxylation is 2. The van der Waals surface area contributed by atoms with Crippen molar-refractivity contribution in [2.75, 3.05) is 17.1 Å². The highest BCUT2D eigenvalue weighted by Gasteiger charge is 2.32. The number of aliphatic carboxylic acids is 1. The fourth-order valence-corrected chi connectivity index (χ4v) is 5.42. The topological polar surface area (TPSA) is 84.9 Å². The SMILES string of the molecule is CC.CCCCS(=O)Nc1cc(C)c(-c2ccc3c(c2)CCCO3)c(C(OC(C)(C)C)C(=O)O)c1C. The Balaban J connectivity index is 0.00000222. The highest BCUT2D eigenvalue weighted by molar-refractivity contribution is 7.86. The van der Waals surface area contributed by atoms with Crippen LogP contribution in [0.25, 0.3) is 11.1 Å². The molecule has 0 amide bonds. The number of hydrogen-bond acceptors (Lipinski definition) is 4. The average Bonchev–Trinajstić information content (AvgIpc) is 2.83. The number of benzene rings is 2. The molecule has 2 N–H and O–H groups in total. The number of unbranched alkanes of at least 4 members (excludes halogenated alkanes) is 1. The van der Waals surface area contributed by atoms with Gasteiger partial charge in [-0.1, -0.05) is 33.3 Å². The van der Waals surface area contributed by atoms with Gasteiger partial charge < -0.3 is 19.3 Å². The number of carboxylic acid groups (broad SMARTS) is 1. The standard InChI is InChI=1S/C27H37NO5S.C2H6/c1-7-8-14-34(31)28-21-15-17(2)23(20-11-12-22-19(16-20)10-9-13-32-22)24(18(21)3)25(26(29)30)33-27(4,5)6;1-2/h11-12,15-16,25,28H,7-10,13-14H2,1-6H3,(H,29,30);1-2H3. The fraction of sp³-hybridized carbons (Fsp3) is 0.552. The van der Waals surface area contributed by atoms with Gasteiger partial charge in [-0.25, -0.2) is 9.00 Å². The maximum absolute atomic E-state index is 12.6. The van der Waals surface area contributed by atoms with Crippen molar-refractivity contribution in [1.29, 1.82) is 0 Å². The average molecular weight is 518 g/mol. The molecule has 0 saturated heterocycles. The second kappa shape index (κ2) is 13.2. The van der Waals surface area contributed by atoms with E-state index in [2.05, 4.69) is 17.7 Å². The molecule has 6 nitrogen and oxygen atoms in total. The maximum atomic E-state index is 12.6. The highest BCUT2D eigenvalue weighted by atomic mass is 32.2. The Labute approximate surface area is 219 Å². The van der Waals surface area contributed by atoms with Crippen LogP contribution in [0.1, 0.15) is 89.2 Å². The number of carbonyl (C=O) groups is 1. The van der Waals surface area contributed by atoms with Crippen molar-refractivity contribution < 1.29 is 23.6 Å². The summed E-state index contributed by atoms with van der Waals surface area (Å²) in [5, 5.41) is 10.2. The molecule has 1 aliphatic heterocycles. The van der Waals surface area contributed by atoms with Gasteiger partial charge in [-0.05, 0) is 99.9 Å². The zero-order valence-electron chi connectivity index (χ0n) is 23.1. The molecule has 3 rings (SSSR count). The molecule has 1 heterocycles. The van der Waals surface area contributed by atoms with Crippen molar-refractivity contribution >= 4 is 22.6 Å². The Kier molecular flexibility index (Phi) is 11.0. The van der Waals surface area contributed by atoms with Gasteiger partial charge in [0.1, 0.15) is 16.7 Å². The van der Waals surface area contributed by atoms with Crippen LogP contribution in [-0.2, 0) is 26.9 Å². The van der Waals surface area contributed by atoms with Crippen LogP contribution in [0.4, 0.5) is 5.69 Å². The summed E-state index contributed by atoms with van der Waals surface area (Å²) in [4.78, 5) is 12.5. The third kappa shape index (κ3) is 7.56. The lowest BCUT2D eigenvalue weighted by atomic mass is 9.86. The smallest absolute Gasteiger partial charge is 0.337 e. The quantitative estimate of drug-likeness (QED) is 0.369. The van der Waals surface area contributed by atoms with Crippen molar-refractivity contribution in [3.05, 3.63) is 46.5 Å². The minimum atomic E-state index is -1.25. The van der Waals surface area contributed by atoms with E-state index >= 15 is 0 Å². The summed E-state index contributed by atoms with van der Waals surface area (Å²) in [7, 11) is -1.25. The lowest BCUT2D eigenvalue weighted by molar-refractivity contribution is -0.160. The Morgan fingerprint density at radius 3 is 2.53 bits per heavy atom. The Hall–Kier alpha value is -2.38. The lowest BCUT2D eigenvalue weighted by Gasteiger charge is -2.30. The second-order valence-electron chi connectivity index (χ2n) is 9.88. The van der Waals surface area contributed by atoms with E-state index in [0.717, 1.165) is 59.3 Å². The van der Waals surface area contributed by atoms with Crippen molar-refractivity contribution in [3.8, 4) is 16.9 Å². The number of anilines is 1. The summed E-state index contributed by atoms with van der Waals surface area (Å²) in [6.45, 7) is 16.2. The van der Waals surface area contributed by atoms with Crippen LogP contribution in [-0.4, -0.2) is 33.2 Å². The Morgan fingerprint density at radius 1 is 1.22 bits per heavy atom. The molecule has 2 aromatic carbocycles. The van der Waals surface area contributed by atoms with Gasteiger partial charge >= 0.3 is 5.97 Å². The van der Waals surface area contributed by atoms with E-state index in [1.54, 1.807) is 0 Å². The van der Waals surface area contributed by atoms with E-state index < -0.39 is 28.7 Å². The minimum absolute atomic E-state index is 0.539. The summed E-state index contributed by atoms with van der Waals surface area (Å²) in [5.74, 6) is 0.373. The minimum Gasteiger partial charge on any atom is -0.493 e. The van der Waals surface area contributed by atoms with Crippen LogP contribution in [0, 0.1) is 13.8 Å². The van der Waals surface area contributed by atoms with Gasteiger partial charge in [0, 0.05) is 17.0 Å². The van der Waals surface area contributed by atoms with Crippen molar-refractivity contribution in [2.45, 2.75) is 92.8 Å². The molecular weight excluding hydrogens is 474 g/mol. The zero-order chi connectivity index (χ0) is 27.0. The van der Waals surface area contributed by atoms with Crippen LogP contribution in [0.2, 0.25) is 0 Å². The van der Waals surface area contributed by atoms with Crippen molar-refractivity contribution in [3.63, 3.8) is 0 Å². The predicted octanol–water partition coefficient (Wildman–Crippen LogP) is 7.14. The third-order valence-corrected chi connectivity index (χ3v) is 7.00. The first kappa shape index (κ1) is 29.8. The van der Waals surface area contributed by atoms with Gasteiger partial charge in [-0.3, -0.25) is 0 Å². The van der Waals surface area contributed by atoms with Gasteiger partial charge in [0.2, 0.25) is 0 Å². The molecule has 2 unspecified atom stereocenters. The largest absolute Gasteiger partial charge is 0.493 e. The van der Waals surface area contributed by atoms with Gasteiger partial charge in [0.05, 0.1) is 12.2 Å². The molecule has 1 aliphatic rings. The first-order valence-electron chi connectivity index (χ1n) is 13.0. The molecule has 0 bridgehead atoms. The first-order valence-corrected chi connectivity index (χ1v) is 14.3. The third-order valence-electron chi connectivity index (χ3n) is 5.89. The van der Waals surface area contributed by atoms with E-state index in [0.29, 0.717) is 23.6 Å². The predicted molar refractivity (Wildman–Crippen MR) is 149 cm³/mol. The molecule has 200 valence electrons. The van der Waals surface area contributed by atoms with Crippen LogP contribution < -0.4 is 9.46 Å². The molecule has 0 fully saturated rings. The van der Waals surface area contributed by atoms with Crippen molar-refractivity contribution in [2.24, 2.45) is 0 Å². The fourth-order valence-electron chi connectivity index (χ4n) is 4.31. The van der Waals surface area contributed by atoms with Crippen molar-refractivity contribution in [1.82, 2.24) is 0 Å². The summed E-state index contributed by atoms with van der Waals surface area (Å²) < 4.78 is 27.6. The monoisotopic (exact) mass is 517 g/mol. The molecular formula is C29H43NO5S. The summed E-state index contributed by atoms with van der Waals surface area (Å²) >= 11 is 0. The Bertz CT molecular complexity index is 1070. The normalized spacial score (nSPS) is 14.6. The number of ether oxygens (including phenoxy) is 2. The molecule has 7 heteroatoms. The molecule has 0 radical (unpaired) electrons. The van der Waals surface area contributed by atoms with E-state index in [-0.39, 0.29) is 0 Å². The lowest BCUT2D eigenvalue weighted by Crippen LogP contribution is -2.28. The molecule has 0 aromatic heterocycles. The van der Waals surface area contributed by atoms with Gasteiger partial charge in [-0.15, -0.1) is 0 Å². The maximum Gasteiger partial charge on any atom is 0.337 e. The van der Waals surface area contributed by atoms with Gasteiger partial charge in [-0.2, -0.15) is 0 Å². The summed E-state index contributed by atoms with van der Waals surface area (Å²) in [6.07, 6.45) is 2.52. The van der Waals surface area contributed by atoms with E-state index in [4.69, 9.17) is 9.47 Å².